The van der Waals surface area contributed by atoms with E-state index in [4.69, 9.17) is 0 Å². The van der Waals surface area contributed by atoms with Crippen LogP contribution < -0.4 is 0 Å². The van der Waals surface area contributed by atoms with E-state index < -0.39 is 23.5 Å². The Morgan fingerprint density at radius 2 is 1.17 bits per heavy atom. The van der Waals surface area contributed by atoms with E-state index in [2.05, 4.69) is 4.98 Å². The molecule has 1 nitrogen and oxygen atoms in total. The largest absolute Gasteiger partial charge is 0.416 e. The topological polar surface area (TPSA) is 12.9 Å². The summed E-state index contributed by atoms with van der Waals surface area (Å²) in [6.45, 7) is 0. The van der Waals surface area contributed by atoms with E-state index in [1.54, 1.807) is 12.1 Å². The zero-order valence-corrected chi connectivity index (χ0v) is 15.3. The van der Waals surface area contributed by atoms with E-state index in [0.717, 1.165) is 32.9 Å². The van der Waals surface area contributed by atoms with Gasteiger partial charge in [-0.15, -0.1) is 11.3 Å². The maximum atomic E-state index is 13.1. The molecule has 148 valence electrons. The van der Waals surface area contributed by atoms with Crippen molar-refractivity contribution < 1.29 is 26.3 Å². The van der Waals surface area contributed by atoms with Gasteiger partial charge in [-0.2, -0.15) is 26.3 Å². The van der Waals surface area contributed by atoms with Crippen molar-refractivity contribution in [2.24, 2.45) is 0 Å². The summed E-state index contributed by atoms with van der Waals surface area (Å²) < 4.78 is 79.4. The first-order valence-corrected chi connectivity index (χ1v) is 9.19. The van der Waals surface area contributed by atoms with Crippen molar-refractivity contribution in [2.45, 2.75) is 12.4 Å². The number of hydrogen-bond acceptors (Lipinski definition) is 2. The maximum absolute atomic E-state index is 13.1. The molecule has 0 saturated heterocycles. The number of aromatic nitrogens is 1. The Bertz CT molecular complexity index is 1110. The van der Waals surface area contributed by atoms with Crippen LogP contribution in [0.4, 0.5) is 26.3 Å². The van der Waals surface area contributed by atoms with Crippen LogP contribution in [0.2, 0.25) is 0 Å². The lowest BCUT2D eigenvalue weighted by Crippen LogP contribution is -2.11. The first kappa shape index (κ1) is 19.4. The van der Waals surface area contributed by atoms with Crippen LogP contribution in [0.1, 0.15) is 11.1 Å². The molecule has 0 radical (unpaired) electrons. The van der Waals surface area contributed by atoms with Gasteiger partial charge >= 0.3 is 12.4 Å². The number of thiazole rings is 1. The Kier molecular flexibility index (Phi) is 4.61. The number of alkyl halides is 6. The van der Waals surface area contributed by atoms with Crippen LogP contribution in [0.3, 0.4) is 0 Å². The molecule has 0 spiro atoms. The van der Waals surface area contributed by atoms with Gasteiger partial charge in [0.2, 0.25) is 0 Å². The minimum absolute atomic E-state index is 0.124. The Hall–Kier alpha value is -2.87. The Balaban J connectivity index is 1.75. The molecule has 1 heterocycles. The van der Waals surface area contributed by atoms with E-state index >= 15 is 0 Å². The second kappa shape index (κ2) is 6.88. The van der Waals surface area contributed by atoms with Gasteiger partial charge in [-0.3, -0.25) is 0 Å². The van der Waals surface area contributed by atoms with E-state index in [-0.39, 0.29) is 17.2 Å². The summed E-state index contributed by atoms with van der Waals surface area (Å²) in [6, 6.07) is 15.4. The summed E-state index contributed by atoms with van der Waals surface area (Å²) in [4.78, 5) is 4.50. The standard InChI is InChI=1S/C21H11F6NS/c22-20(23,24)15-9-14(10-16(11-15)21(25,26)27)12-5-7-13(8-6-12)19-28-17-3-1-2-4-18(17)29-19/h1-11H. The molecule has 1 aromatic heterocycles. The third-order valence-electron chi connectivity index (χ3n) is 4.35. The predicted octanol–water partition coefficient (Wildman–Crippen LogP) is 7.67. The SMILES string of the molecule is FC(F)(F)c1cc(-c2ccc(-c3nc4ccccc4s3)cc2)cc(C(F)(F)F)c1. The first-order valence-electron chi connectivity index (χ1n) is 8.37. The molecule has 0 bridgehead atoms. The van der Waals surface area contributed by atoms with Gasteiger partial charge in [0.05, 0.1) is 21.3 Å². The minimum Gasteiger partial charge on any atom is -0.236 e. The van der Waals surface area contributed by atoms with Crippen molar-refractivity contribution in [1.29, 1.82) is 0 Å². The number of nitrogens with zero attached hydrogens (tertiary/aromatic N) is 1. The highest BCUT2D eigenvalue weighted by Gasteiger charge is 2.37. The monoisotopic (exact) mass is 423 g/mol. The number of fused-ring (bicyclic) bond motifs is 1. The molecule has 3 aromatic carbocycles. The molecule has 8 heteroatoms. The fourth-order valence-electron chi connectivity index (χ4n) is 2.92. The third-order valence-corrected chi connectivity index (χ3v) is 5.43. The molecule has 0 aliphatic rings. The molecule has 0 atom stereocenters. The minimum atomic E-state index is -4.88. The number of rotatable bonds is 2. The van der Waals surface area contributed by atoms with Crippen molar-refractivity contribution in [3.8, 4) is 21.7 Å². The normalized spacial score (nSPS) is 12.5. The van der Waals surface area contributed by atoms with Crippen molar-refractivity contribution in [1.82, 2.24) is 4.98 Å². The van der Waals surface area contributed by atoms with Gasteiger partial charge in [0.25, 0.3) is 0 Å². The van der Waals surface area contributed by atoms with Crippen molar-refractivity contribution in [2.75, 3.05) is 0 Å². The van der Waals surface area contributed by atoms with Crippen LogP contribution in [0.15, 0.2) is 66.7 Å². The first-order chi connectivity index (χ1) is 13.6. The number of benzene rings is 3. The van der Waals surface area contributed by atoms with E-state index in [0.29, 0.717) is 0 Å². The average molecular weight is 423 g/mol. The van der Waals surface area contributed by atoms with Crippen molar-refractivity contribution in [3.05, 3.63) is 77.9 Å². The van der Waals surface area contributed by atoms with Crippen LogP contribution in [-0.4, -0.2) is 4.98 Å². The van der Waals surface area contributed by atoms with Crippen LogP contribution >= 0.6 is 11.3 Å². The molecule has 0 fully saturated rings. The second-order valence-electron chi connectivity index (χ2n) is 6.36. The molecule has 0 aliphatic heterocycles. The van der Waals surface area contributed by atoms with E-state index in [9.17, 15) is 26.3 Å². The molecular weight excluding hydrogens is 412 g/mol. The fraction of sp³-hybridized carbons (Fsp3) is 0.0952. The molecule has 0 unspecified atom stereocenters. The highest BCUT2D eigenvalue weighted by atomic mass is 32.1. The predicted molar refractivity (Wildman–Crippen MR) is 100 cm³/mol. The lowest BCUT2D eigenvalue weighted by atomic mass is 9.98. The van der Waals surface area contributed by atoms with E-state index in [1.165, 1.54) is 23.5 Å². The Morgan fingerprint density at radius 3 is 1.72 bits per heavy atom. The Morgan fingerprint density at radius 1 is 0.621 bits per heavy atom. The summed E-state index contributed by atoms with van der Waals surface area (Å²) in [6.07, 6.45) is -9.76. The smallest absolute Gasteiger partial charge is 0.236 e. The van der Waals surface area contributed by atoms with Gasteiger partial charge in [-0.1, -0.05) is 36.4 Å². The molecule has 0 amide bonds. The molecule has 4 rings (SSSR count). The maximum Gasteiger partial charge on any atom is 0.416 e. The summed E-state index contributed by atoms with van der Waals surface area (Å²) in [5, 5.41) is 0.720. The molecule has 0 aliphatic carbocycles. The zero-order valence-electron chi connectivity index (χ0n) is 14.5. The van der Waals surface area contributed by atoms with E-state index in [1.807, 2.05) is 24.3 Å². The number of halogens is 6. The second-order valence-corrected chi connectivity index (χ2v) is 7.39. The van der Waals surface area contributed by atoms with Crippen molar-refractivity contribution in [3.63, 3.8) is 0 Å². The molecule has 0 N–H and O–H groups in total. The van der Waals surface area contributed by atoms with Gasteiger partial charge in [0, 0.05) is 5.56 Å². The molecule has 0 saturated carbocycles. The molecule has 4 aromatic rings. The summed E-state index contributed by atoms with van der Waals surface area (Å²) in [7, 11) is 0. The summed E-state index contributed by atoms with van der Waals surface area (Å²) >= 11 is 1.46. The van der Waals surface area contributed by atoms with Gasteiger partial charge in [-0.25, -0.2) is 4.98 Å². The van der Waals surface area contributed by atoms with Crippen LogP contribution in [0.5, 0.6) is 0 Å². The molecular formula is C21H11F6NS. The zero-order chi connectivity index (χ0) is 20.8. The fourth-order valence-corrected chi connectivity index (χ4v) is 3.89. The van der Waals surface area contributed by atoms with Crippen LogP contribution in [0.25, 0.3) is 31.9 Å². The number of hydrogen-bond donors (Lipinski definition) is 0. The van der Waals surface area contributed by atoms with Gasteiger partial charge < -0.3 is 0 Å². The highest BCUT2D eigenvalue weighted by molar-refractivity contribution is 7.21. The molecule has 29 heavy (non-hydrogen) atoms. The Labute approximate surface area is 165 Å². The lowest BCUT2D eigenvalue weighted by Gasteiger charge is -2.14. The lowest BCUT2D eigenvalue weighted by molar-refractivity contribution is -0.143. The summed E-state index contributed by atoms with van der Waals surface area (Å²) in [5.74, 6) is 0. The summed E-state index contributed by atoms with van der Waals surface area (Å²) in [5.41, 5.74) is -1.01. The third kappa shape index (κ3) is 3.98. The van der Waals surface area contributed by atoms with Gasteiger partial charge in [0.1, 0.15) is 5.01 Å². The highest BCUT2D eigenvalue weighted by Crippen LogP contribution is 2.39. The van der Waals surface area contributed by atoms with Crippen LogP contribution in [0, 0.1) is 0 Å². The van der Waals surface area contributed by atoms with Gasteiger partial charge in [0.15, 0.2) is 0 Å². The number of para-hydroxylation sites is 1. The van der Waals surface area contributed by atoms with Crippen LogP contribution in [-0.2, 0) is 12.4 Å². The van der Waals surface area contributed by atoms with Gasteiger partial charge in [-0.05, 0) is 41.5 Å². The quantitative estimate of drug-likeness (QED) is 0.302. The van der Waals surface area contributed by atoms with Crippen molar-refractivity contribution >= 4 is 21.6 Å². The average Bonchev–Trinajstić information content (AvgIpc) is 3.10.